The molecule has 0 atom stereocenters. The van der Waals surface area contributed by atoms with Crippen molar-refractivity contribution in [2.45, 2.75) is 19.3 Å². The number of ether oxygens (including phenoxy) is 2. The van der Waals surface area contributed by atoms with E-state index < -0.39 is 0 Å². The smallest absolute Gasteiger partial charge is 0.137 e. The van der Waals surface area contributed by atoms with Gasteiger partial charge in [-0.25, -0.2) is 0 Å². The number of rotatable bonds is 6. The van der Waals surface area contributed by atoms with Crippen molar-refractivity contribution in [2.24, 2.45) is 0 Å². The van der Waals surface area contributed by atoms with Gasteiger partial charge in [0.25, 0.3) is 0 Å². The van der Waals surface area contributed by atoms with Gasteiger partial charge in [0, 0.05) is 31.5 Å². The summed E-state index contributed by atoms with van der Waals surface area (Å²) in [6, 6.07) is 21.1. The molecule has 0 radical (unpaired) electrons. The van der Waals surface area contributed by atoms with Crippen molar-refractivity contribution >= 4 is 16.5 Å². The summed E-state index contributed by atoms with van der Waals surface area (Å²) in [6.45, 7) is 3.20. The highest BCUT2D eigenvalue weighted by Crippen LogP contribution is 2.33. The first-order valence-corrected chi connectivity index (χ1v) is 10.2. The lowest BCUT2D eigenvalue weighted by Gasteiger charge is -2.29. The van der Waals surface area contributed by atoms with Crippen LogP contribution in [-0.4, -0.2) is 33.4 Å². The number of fused-ring (bicyclic) bond motifs is 1. The van der Waals surface area contributed by atoms with Crippen LogP contribution in [0.4, 0.5) is 5.69 Å². The summed E-state index contributed by atoms with van der Waals surface area (Å²) < 4.78 is 10.8. The van der Waals surface area contributed by atoms with Gasteiger partial charge in [0.2, 0.25) is 0 Å². The molecule has 1 saturated heterocycles. The molecule has 29 heavy (non-hydrogen) atoms. The third kappa shape index (κ3) is 4.21. The maximum absolute atomic E-state index is 9.74. The van der Waals surface area contributed by atoms with Crippen molar-refractivity contribution in [1.82, 2.24) is 0 Å². The summed E-state index contributed by atoms with van der Waals surface area (Å²) in [6.07, 6.45) is 3.89. The molecule has 0 aliphatic carbocycles. The fourth-order valence-electron chi connectivity index (χ4n) is 3.99. The molecule has 0 N–H and O–H groups in total. The van der Waals surface area contributed by atoms with E-state index in [1.807, 2.05) is 18.2 Å². The molecule has 0 bridgehead atoms. The maximum atomic E-state index is 9.74. The molecule has 148 valence electrons. The van der Waals surface area contributed by atoms with Gasteiger partial charge in [0.1, 0.15) is 24.0 Å². The number of hydrogen-bond donors (Lipinski definition) is 0. The molecule has 4 nitrogen and oxygen atoms in total. The summed E-state index contributed by atoms with van der Waals surface area (Å²) in [7, 11) is 1.64. The van der Waals surface area contributed by atoms with Crippen molar-refractivity contribution < 1.29 is 9.47 Å². The maximum Gasteiger partial charge on any atom is 0.137 e. The fourth-order valence-corrected chi connectivity index (χ4v) is 3.99. The Morgan fingerprint density at radius 1 is 0.931 bits per heavy atom. The second-order valence-corrected chi connectivity index (χ2v) is 7.43. The highest BCUT2D eigenvalue weighted by Gasteiger charge is 2.13. The minimum Gasteiger partial charge on any atom is -0.490 e. The molecule has 1 heterocycles. The zero-order valence-electron chi connectivity index (χ0n) is 16.9. The van der Waals surface area contributed by atoms with Crippen molar-refractivity contribution in [1.29, 1.82) is 5.26 Å². The molecule has 3 aromatic rings. The third-order valence-electron chi connectivity index (χ3n) is 5.54. The van der Waals surface area contributed by atoms with Crippen LogP contribution < -0.4 is 9.64 Å². The molecular formula is C25H26N2O2. The summed E-state index contributed by atoms with van der Waals surface area (Å²) in [5.41, 5.74) is 3.78. The van der Waals surface area contributed by atoms with Gasteiger partial charge < -0.3 is 14.4 Å². The Labute approximate surface area is 172 Å². The molecule has 4 rings (SSSR count). The minimum atomic E-state index is 0.422. The van der Waals surface area contributed by atoms with Gasteiger partial charge in [-0.05, 0) is 59.9 Å². The van der Waals surface area contributed by atoms with E-state index in [1.54, 1.807) is 7.11 Å². The highest BCUT2D eigenvalue weighted by atomic mass is 16.5. The molecule has 0 saturated carbocycles. The van der Waals surface area contributed by atoms with Gasteiger partial charge in [0.05, 0.1) is 6.61 Å². The van der Waals surface area contributed by atoms with E-state index in [2.05, 4.69) is 47.4 Å². The van der Waals surface area contributed by atoms with E-state index in [-0.39, 0.29) is 0 Å². The van der Waals surface area contributed by atoms with Gasteiger partial charge in [0.15, 0.2) is 0 Å². The molecule has 0 aromatic heterocycles. The lowest BCUT2D eigenvalue weighted by atomic mass is 9.96. The average molecular weight is 386 g/mol. The zero-order chi connectivity index (χ0) is 20.1. The highest BCUT2D eigenvalue weighted by molar-refractivity contribution is 5.91. The number of anilines is 1. The van der Waals surface area contributed by atoms with Crippen LogP contribution in [0.1, 0.15) is 24.8 Å². The van der Waals surface area contributed by atoms with E-state index in [1.165, 1.54) is 35.7 Å². The Kier molecular flexibility index (Phi) is 5.97. The summed E-state index contributed by atoms with van der Waals surface area (Å²) in [4.78, 5) is 2.48. The monoisotopic (exact) mass is 386 g/mol. The number of methoxy groups -OCH3 is 1. The van der Waals surface area contributed by atoms with Crippen LogP contribution in [0.5, 0.6) is 5.75 Å². The second-order valence-electron chi connectivity index (χ2n) is 7.43. The Balaban J connectivity index is 1.66. The number of piperidine rings is 1. The first-order valence-electron chi connectivity index (χ1n) is 10.2. The van der Waals surface area contributed by atoms with Gasteiger partial charge in [-0.1, -0.05) is 30.3 Å². The molecule has 3 aromatic carbocycles. The molecule has 1 aliphatic heterocycles. The quantitative estimate of drug-likeness (QED) is 0.533. The summed E-state index contributed by atoms with van der Waals surface area (Å²) in [5.74, 6) is 0.600. The van der Waals surface area contributed by atoms with Crippen LogP contribution in [0.25, 0.3) is 21.9 Å². The van der Waals surface area contributed by atoms with Gasteiger partial charge in [-0.15, -0.1) is 0 Å². The Morgan fingerprint density at radius 2 is 1.72 bits per heavy atom. The second kappa shape index (κ2) is 8.98. The lowest BCUT2D eigenvalue weighted by molar-refractivity contribution is 0.146. The van der Waals surface area contributed by atoms with Crippen LogP contribution in [0, 0.1) is 11.3 Å². The average Bonchev–Trinajstić information content (AvgIpc) is 2.79. The number of nitriles is 1. The zero-order valence-corrected chi connectivity index (χ0v) is 16.9. The van der Waals surface area contributed by atoms with E-state index in [4.69, 9.17) is 9.47 Å². The normalized spacial score (nSPS) is 14.0. The third-order valence-corrected chi connectivity index (χ3v) is 5.54. The van der Waals surface area contributed by atoms with Crippen LogP contribution in [0.3, 0.4) is 0 Å². The summed E-state index contributed by atoms with van der Waals surface area (Å²) in [5, 5.41) is 12.1. The topological polar surface area (TPSA) is 45.5 Å². The van der Waals surface area contributed by atoms with Gasteiger partial charge in [-0.3, -0.25) is 0 Å². The van der Waals surface area contributed by atoms with E-state index >= 15 is 0 Å². The predicted octanol–water partition coefficient (Wildman–Crippen LogP) is 5.39. The van der Waals surface area contributed by atoms with Crippen LogP contribution in [0.2, 0.25) is 0 Å². The van der Waals surface area contributed by atoms with Crippen molar-refractivity contribution in [3.8, 4) is 22.9 Å². The minimum absolute atomic E-state index is 0.422. The molecule has 0 unspecified atom stereocenters. The van der Waals surface area contributed by atoms with E-state index in [9.17, 15) is 5.26 Å². The molecule has 0 amide bonds. The van der Waals surface area contributed by atoms with Crippen LogP contribution >= 0.6 is 0 Å². The van der Waals surface area contributed by atoms with Crippen molar-refractivity contribution in [3.63, 3.8) is 0 Å². The van der Waals surface area contributed by atoms with E-state index in [0.29, 0.717) is 24.5 Å². The van der Waals surface area contributed by atoms with Crippen LogP contribution in [-0.2, 0) is 4.74 Å². The number of hydrogen-bond acceptors (Lipinski definition) is 4. The molecule has 1 fully saturated rings. The summed E-state index contributed by atoms with van der Waals surface area (Å²) >= 11 is 0. The van der Waals surface area contributed by atoms with Gasteiger partial charge in [-0.2, -0.15) is 5.26 Å². The Hall–Kier alpha value is -3.03. The number of nitrogens with zero attached hydrogens (tertiary/aromatic N) is 2. The Morgan fingerprint density at radius 3 is 2.52 bits per heavy atom. The fraction of sp³-hybridized carbons (Fsp3) is 0.320. The standard InChI is InChI=1S/C25H26N2O2/c1-28-14-15-29-25-7-5-6-23(24(25)18-26)21-9-8-20-17-22(11-10-19(20)16-21)27-12-3-2-4-13-27/h5-11,16-17H,2-4,12-15H2,1H3. The molecule has 1 aliphatic rings. The lowest BCUT2D eigenvalue weighted by Crippen LogP contribution is -2.29. The largest absolute Gasteiger partial charge is 0.490 e. The van der Waals surface area contributed by atoms with Gasteiger partial charge >= 0.3 is 0 Å². The first kappa shape index (κ1) is 19.3. The van der Waals surface area contributed by atoms with E-state index in [0.717, 1.165) is 24.2 Å². The number of benzene rings is 3. The molecular weight excluding hydrogens is 360 g/mol. The predicted molar refractivity (Wildman–Crippen MR) is 118 cm³/mol. The molecule has 4 heteroatoms. The SMILES string of the molecule is COCCOc1cccc(-c2ccc3cc(N4CCCCC4)ccc3c2)c1C#N. The van der Waals surface area contributed by atoms with Crippen molar-refractivity contribution in [3.05, 3.63) is 60.2 Å². The molecule has 0 spiro atoms. The van der Waals surface area contributed by atoms with Crippen LogP contribution in [0.15, 0.2) is 54.6 Å². The van der Waals surface area contributed by atoms with Crippen molar-refractivity contribution in [2.75, 3.05) is 38.3 Å². The Bertz CT molecular complexity index is 1030. The first-order chi connectivity index (χ1) is 14.3.